The van der Waals surface area contributed by atoms with E-state index in [-0.39, 0.29) is 18.1 Å². The summed E-state index contributed by atoms with van der Waals surface area (Å²) >= 11 is 0. The van der Waals surface area contributed by atoms with E-state index in [9.17, 15) is 14.4 Å². The Labute approximate surface area is 165 Å². The standard InChI is InChI=1S/C22H26N2O4/c1-22(2,3)28-21(27)23-14-8-13-19(25)24-18-12-7-11-17(15-18)20(26)16-9-5-4-6-10-16/h4-7,9-12,15H,8,13-14H2,1-3H3,(H,23,27)(H,24,25). The Bertz CT molecular complexity index is 826. The number of carbonyl (C=O) groups excluding carboxylic acids is 3. The number of hydrogen-bond donors (Lipinski definition) is 2. The van der Waals surface area contributed by atoms with E-state index in [0.717, 1.165) is 0 Å². The highest BCUT2D eigenvalue weighted by Crippen LogP contribution is 2.15. The molecule has 0 atom stereocenters. The lowest BCUT2D eigenvalue weighted by Crippen LogP contribution is -2.33. The number of nitrogens with one attached hydrogen (secondary N) is 2. The number of carbonyl (C=O) groups is 3. The Morgan fingerprint density at radius 1 is 0.929 bits per heavy atom. The molecule has 2 aromatic rings. The minimum Gasteiger partial charge on any atom is -0.444 e. The Morgan fingerprint density at radius 3 is 2.29 bits per heavy atom. The molecule has 0 unspecified atom stereocenters. The molecule has 2 N–H and O–H groups in total. The van der Waals surface area contributed by atoms with Crippen molar-refractivity contribution in [2.24, 2.45) is 0 Å². The lowest BCUT2D eigenvalue weighted by molar-refractivity contribution is -0.116. The number of anilines is 1. The van der Waals surface area contributed by atoms with Gasteiger partial charge in [0.15, 0.2) is 5.78 Å². The Balaban J connectivity index is 1.81. The van der Waals surface area contributed by atoms with Crippen LogP contribution < -0.4 is 10.6 Å². The zero-order valence-corrected chi connectivity index (χ0v) is 16.5. The average molecular weight is 382 g/mol. The summed E-state index contributed by atoms with van der Waals surface area (Å²) in [6.07, 6.45) is 0.223. The topological polar surface area (TPSA) is 84.5 Å². The minimum absolute atomic E-state index is 0.0988. The molecule has 0 fully saturated rings. The van der Waals surface area contributed by atoms with Crippen molar-refractivity contribution in [1.82, 2.24) is 5.32 Å². The van der Waals surface area contributed by atoms with E-state index in [1.165, 1.54) is 0 Å². The fourth-order valence-electron chi connectivity index (χ4n) is 2.47. The number of ether oxygens (including phenoxy) is 1. The van der Waals surface area contributed by atoms with Crippen molar-refractivity contribution in [3.05, 3.63) is 65.7 Å². The van der Waals surface area contributed by atoms with Crippen LogP contribution in [0.4, 0.5) is 10.5 Å². The van der Waals surface area contributed by atoms with Crippen LogP contribution in [-0.4, -0.2) is 29.9 Å². The molecule has 6 nitrogen and oxygen atoms in total. The van der Waals surface area contributed by atoms with Crippen molar-refractivity contribution in [2.75, 3.05) is 11.9 Å². The van der Waals surface area contributed by atoms with E-state index in [2.05, 4.69) is 10.6 Å². The van der Waals surface area contributed by atoms with E-state index in [0.29, 0.717) is 29.8 Å². The van der Waals surface area contributed by atoms with Gasteiger partial charge in [-0.25, -0.2) is 4.79 Å². The highest BCUT2D eigenvalue weighted by molar-refractivity contribution is 6.09. The summed E-state index contributed by atoms with van der Waals surface area (Å²) in [6, 6.07) is 15.8. The third-order valence-electron chi connectivity index (χ3n) is 3.69. The van der Waals surface area contributed by atoms with Gasteiger partial charge in [0.2, 0.25) is 5.91 Å². The van der Waals surface area contributed by atoms with Crippen LogP contribution in [0.1, 0.15) is 49.5 Å². The van der Waals surface area contributed by atoms with E-state index in [1.54, 1.807) is 57.2 Å². The zero-order chi connectivity index (χ0) is 20.6. The second kappa shape index (κ2) is 9.69. The van der Waals surface area contributed by atoms with Gasteiger partial charge >= 0.3 is 6.09 Å². The maximum Gasteiger partial charge on any atom is 0.407 e. The Kier molecular flexibility index (Phi) is 7.32. The van der Waals surface area contributed by atoms with Crippen LogP contribution >= 0.6 is 0 Å². The van der Waals surface area contributed by atoms with E-state index >= 15 is 0 Å². The Morgan fingerprint density at radius 2 is 1.61 bits per heavy atom. The van der Waals surface area contributed by atoms with Crippen molar-refractivity contribution < 1.29 is 19.1 Å². The highest BCUT2D eigenvalue weighted by atomic mass is 16.6. The first-order valence-corrected chi connectivity index (χ1v) is 9.21. The molecule has 0 bridgehead atoms. The molecule has 2 rings (SSSR count). The summed E-state index contributed by atoms with van der Waals surface area (Å²) in [5, 5.41) is 5.39. The molecule has 2 amide bonds. The first-order chi connectivity index (χ1) is 13.2. The molecule has 0 radical (unpaired) electrons. The number of hydrogen-bond acceptors (Lipinski definition) is 4. The van der Waals surface area contributed by atoms with Crippen LogP contribution in [0.25, 0.3) is 0 Å². The van der Waals surface area contributed by atoms with E-state index in [4.69, 9.17) is 4.74 Å². The third-order valence-corrected chi connectivity index (χ3v) is 3.69. The van der Waals surface area contributed by atoms with Gasteiger partial charge in [0.1, 0.15) is 5.60 Å². The van der Waals surface area contributed by atoms with Crippen LogP contribution in [0, 0.1) is 0 Å². The van der Waals surface area contributed by atoms with Crippen molar-refractivity contribution in [3.8, 4) is 0 Å². The van der Waals surface area contributed by atoms with Crippen molar-refractivity contribution in [3.63, 3.8) is 0 Å². The zero-order valence-electron chi connectivity index (χ0n) is 16.5. The fourth-order valence-corrected chi connectivity index (χ4v) is 2.47. The smallest absolute Gasteiger partial charge is 0.407 e. The van der Waals surface area contributed by atoms with Crippen molar-refractivity contribution in [1.29, 1.82) is 0 Å². The molecular weight excluding hydrogens is 356 g/mol. The van der Waals surface area contributed by atoms with Gasteiger partial charge in [-0.1, -0.05) is 42.5 Å². The normalized spacial score (nSPS) is 10.8. The molecule has 0 aliphatic carbocycles. The van der Waals surface area contributed by atoms with Gasteiger partial charge in [-0.05, 0) is 39.3 Å². The van der Waals surface area contributed by atoms with Crippen LogP contribution in [0.15, 0.2) is 54.6 Å². The summed E-state index contributed by atoms with van der Waals surface area (Å²) in [5.41, 5.74) is 1.12. The maximum absolute atomic E-state index is 12.5. The van der Waals surface area contributed by atoms with E-state index < -0.39 is 11.7 Å². The van der Waals surface area contributed by atoms with E-state index in [1.807, 2.05) is 18.2 Å². The van der Waals surface area contributed by atoms with Gasteiger partial charge in [-0.15, -0.1) is 0 Å². The molecule has 0 saturated carbocycles. The number of benzene rings is 2. The molecule has 2 aromatic carbocycles. The largest absolute Gasteiger partial charge is 0.444 e. The summed E-state index contributed by atoms with van der Waals surface area (Å²) in [4.78, 5) is 36.1. The predicted octanol–water partition coefficient (Wildman–Crippen LogP) is 4.16. The van der Waals surface area contributed by atoms with Crippen molar-refractivity contribution >= 4 is 23.5 Å². The lowest BCUT2D eigenvalue weighted by atomic mass is 10.0. The van der Waals surface area contributed by atoms with Crippen molar-refractivity contribution in [2.45, 2.75) is 39.2 Å². The SMILES string of the molecule is CC(C)(C)OC(=O)NCCCC(=O)Nc1cccc(C(=O)c2ccccc2)c1. The quantitative estimate of drug-likeness (QED) is 0.556. The molecule has 0 aliphatic heterocycles. The number of amides is 2. The maximum atomic E-state index is 12.5. The number of ketones is 1. The van der Waals surface area contributed by atoms with Gasteiger partial charge < -0.3 is 15.4 Å². The second-order valence-electron chi connectivity index (χ2n) is 7.36. The first kappa shape index (κ1) is 21.2. The molecule has 6 heteroatoms. The minimum atomic E-state index is -0.552. The van der Waals surface area contributed by atoms with Gasteiger partial charge in [0, 0.05) is 29.8 Å². The second-order valence-corrected chi connectivity index (χ2v) is 7.36. The van der Waals surface area contributed by atoms with Crippen LogP contribution in [0.5, 0.6) is 0 Å². The van der Waals surface area contributed by atoms with Gasteiger partial charge in [-0.2, -0.15) is 0 Å². The predicted molar refractivity (Wildman–Crippen MR) is 108 cm³/mol. The molecule has 0 spiro atoms. The van der Waals surface area contributed by atoms with Crippen LogP contribution in [-0.2, 0) is 9.53 Å². The molecule has 0 saturated heterocycles. The van der Waals surface area contributed by atoms with Gasteiger partial charge in [0.25, 0.3) is 0 Å². The molecule has 28 heavy (non-hydrogen) atoms. The third kappa shape index (κ3) is 7.23. The molecular formula is C22H26N2O4. The van der Waals surface area contributed by atoms with Gasteiger partial charge in [0.05, 0.1) is 0 Å². The molecule has 0 aliphatic rings. The summed E-state index contributed by atoms with van der Waals surface area (Å²) in [6.45, 7) is 5.71. The number of rotatable bonds is 7. The molecule has 148 valence electrons. The molecule has 0 heterocycles. The number of alkyl carbamates (subject to hydrolysis) is 1. The summed E-state index contributed by atoms with van der Waals surface area (Å²) < 4.78 is 5.13. The average Bonchev–Trinajstić information content (AvgIpc) is 2.64. The van der Waals surface area contributed by atoms with Crippen LogP contribution in [0.2, 0.25) is 0 Å². The fraction of sp³-hybridized carbons (Fsp3) is 0.318. The monoisotopic (exact) mass is 382 g/mol. The van der Waals surface area contributed by atoms with Gasteiger partial charge in [-0.3, -0.25) is 9.59 Å². The summed E-state index contributed by atoms with van der Waals surface area (Å²) in [5.74, 6) is -0.284. The Hall–Kier alpha value is -3.15. The van der Waals surface area contributed by atoms with Crippen LogP contribution in [0.3, 0.4) is 0 Å². The molecule has 0 aromatic heterocycles. The summed E-state index contributed by atoms with van der Waals surface area (Å²) in [7, 11) is 0. The highest BCUT2D eigenvalue weighted by Gasteiger charge is 2.15. The first-order valence-electron chi connectivity index (χ1n) is 9.21. The lowest BCUT2D eigenvalue weighted by Gasteiger charge is -2.19.